The van der Waals surface area contributed by atoms with Gasteiger partial charge in [-0.15, -0.1) is 11.3 Å². The van der Waals surface area contributed by atoms with E-state index in [2.05, 4.69) is 37.6 Å². The van der Waals surface area contributed by atoms with Crippen LogP contribution < -0.4 is 11.3 Å². The molecular weight excluding hydrogens is 208 g/mol. The minimum absolute atomic E-state index is 0.0509. The summed E-state index contributed by atoms with van der Waals surface area (Å²) >= 11 is 1.69. The maximum atomic E-state index is 5.61. The Morgan fingerprint density at radius 2 is 2.13 bits per heavy atom. The van der Waals surface area contributed by atoms with Gasteiger partial charge in [-0.1, -0.05) is 26.8 Å². The van der Waals surface area contributed by atoms with Crippen molar-refractivity contribution in [1.82, 2.24) is 5.43 Å². The fourth-order valence-electron chi connectivity index (χ4n) is 1.78. The molecule has 0 fully saturated rings. The lowest BCUT2D eigenvalue weighted by Crippen LogP contribution is -2.43. The fraction of sp³-hybridized carbons (Fsp3) is 0.636. The quantitative estimate of drug-likeness (QED) is 0.614. The fourth-order valence-corrected chi connectivity index (χ4v) is 2.59. The predicted molar refractivity (Wildman–Crippen MR) is 64.6 cm³/mol. The van der Waals surface area contributed by atoms with E-state index in [9.17, 15) is 0 Å². The second-order valence-electron chi connectivity index (χ2n) is 4.68. The van der Waals surface area contributed by atoms with Crippen molar-refractivity contribution in [3.05, 3.63) is 22.4 Å². The van der Waals surface area contributed by atoms with Gasteiger partial charge in [-0.25, -0.2) is 5.43 Å². The molecule has 1 aromatic heterocycles. The molecule has 0 saturated carbocycles. The van der Waals surface area contributed by atoms with Crippen molar-refractivity contribution in [2.45, 2.75) is 32.9 Å². The lowest BCUT2D eigenvalue weighted by atomic mass is 9.84. The summed E-state index contributed by atoms with van der Waals surface area (Å²) in [6.45, 7) is 6.46. The van der Waals surface area contributed by atoms with Crippen LogP contribution in [0.2, 0.25) is 0 Å². The first-order valence-electron chi connectivity index (χ1n) is 5.03. The number of hydrogen-bond donors (Lipinski definition) is 2. The van der Waals surface area contributed by atoms with Crippen LogP contribution in [0, 0.1) is 5.41 Å². The smallest absolute Gasteiger partial charge is 0.0834 e. The summed E-state index contributed by atoms with van der Waals surface area (Å²) in [5.41, 5.74) is 2.90. The Balaban J connectivity index is 2.90. The van der Waals surface area contributed by atoms with E-state index in [0.29, 0.717) is 0 Å². The normalized spacial score (nSPS) is 16.3. The third-order valence-corrected chi connectivity index (χ3v) is 3.39. The van der Waals surface area contributed by atoms with Crippen LogP contribution in [-0.2, 0) is 4.74 Å². The van der Waals surface area contributed by atoms with Crippen LogP contribution >= 0.6 is 11.3 Å². The van der Waals surface area contributed by atoms with Crippen LogP contribution in [0.3, 0.4) is 0 Å². The second kappa shape index (κ2) is 5.07. The van der Waals surface area contributed by atoms with E-state index in [4.69, 9.17) is 10.6 Å². The number of hydrogen-bond acceptors (Lipinski definition) is 4. The van der Waals surface area contributed by atoms with E-state index in [-0.39, 0.29) is 17.6 Å². The van der Waals surface area contributed by atoms with Crippen molar-refractivity contribution in [3.8, 4) is 0 Å². The van der Waals surface area contributed by atoms with Gasteiger partial charge in [0, 0.05) is 12.0 Å². The monoisotopic (exact) mass is 228 g/mol. The highest BCUT2D eigenvalue weighted by Gasteiger charge is 2.33. The zero-order valence-corrected chi connectivity index (χ0v) is 10.6. The molecule has 2 unspecified atom stereocenters. The van der Waals surface area contributed by atoms with Crippen molar-refractivity contribution < 1.29 is 4.74 Å². The predicted octanol–water partition coefficient (Wildman–Crippen LogP) is 2.31. The Hall–Kier alpha value is -0.420. The highest BCUT2D eigenvalue weighted by molar-refractivity contribution is 7.10. The van der Waals surface area contributed by atoms with E-state index in [1.54, 1.807) is 18.4 Å². The molecule has 2 atom stereocenters. The van der Waals surface area contributed by atoms with Gasteiger partial charge in [-0.2, -0.15) is 0 Å². The Bertz CT molecular complexity index is 279. The van der Waals surface area contributed by atoms with Gasteiger partial charge in [0.25, 0.3) is 0 Å². The number of thiophene rings is 1. The van der Waals surface area contributed by atoms with Crippen molar-refractivity contribution in [3.63, 3.8) is 0 Å². The van der Waals surface area contributed by atoms with Crippen LogP contribution in [0.25, 0.3) is 0 Å². The van der Waals surface area contributed by atoms with Gasteiger partial charge in [0.05, 0.1) is 12.1 Å². The molecule has 0 aliphatic rings. The Kier molecular flexibility index (Phi) is 4.28. The first kappa shape index (κ1) is 12.6. The topological polar surface area (TPSA) is 47.3 Å². The number of rotatable bonds is 4. The Morgan fingerprint density at radius 1 is 1.47 bits per heavy atom. The maximum Gasteiger partial charge on any atom is 0.0834 e. The Labute approximate surface area is 95.6 Å². The molecule has 0 saturated heterocycles. The average Bonchev–Trinajstić information content (AvgIpc) is 2.64. The van der Waals surface area contributed by atoms with E-state index < -0.39 is 0 Å². The lowest BCUT2D eigenvalue weighted by Gasteiger charge is -2.35. The molecule has 0 spiro atoms. The number of methoxy groups -OCH3 is 1. The standard InChI is InChI=1S/C11H20N2OS/c1-11(2,3)10(14-4)9(13-12)8-6-5-7-15-8/h5-7,9-10,13H,12H2,1-4H3. The van der Waals surface area contributed by atoms with Gasteiger partial charge < -0.3 is 4.74 Å². The minimum Gasteiger partial charge on any atom is -0.379 e. The number of nitrogens with two attached hydrogens (primary N) is 1. The molecule has 0 aliphatic heterocycles. The molecule has 3 N–H and O–H groups in total. The summed E-state index contributed by atoms with van der Waals surface area (Å²) in [5, 5.41) is 2.05. The lowest BCUT2D eigenvalue weighted by molar-refractivity contribution is -0.0111. The molecule has 0 aromatic carbocycles. The largest absolute Gasteiger partial charge is 0.379 e. The van der Waals surface area contributed by atoms with E-state index in [1.807, 2.05) is 6.07 Å². The van der Waals surface area contributed by atoms with Crippen LogP contribution in [0.15, 0.2) is 17.5 Å². The summed E-state index contributed by atoms with van der Waals surface area (Å²) in [7, 11) is 1.73. The van der Waals surface area contributed by atoms with Gasteiger partial charge >= 0.3 is 0 Å². The van der Waals surface area contributed by atoms with Gasteiger partial charge in [0.2, 0.25) is 0 Å². The zero-order valence-electron chi connectivity index (χ0n) is 9.78. The first-order valence-corrected chi connectivity index (χ1v) is 5.91. The van der Waals surface area contributed by atoms with E-state index in [0.717, 1.165) is 0 Å². The Morgan fingerprint density at radius 3 is 2.47 bits per heavy atom. The molecule has 86 valence electrons. The van der Waals surface area contributed by atoms with Crippen molar-refractivity contribution in [2.24, 2.45) is 11.3 Å². The molecule has 0 aliphatic carbocycles. The SMILES string of the molecule is COC(C(NN)c1cccs1)C(C)(C)C. The van der Waals surface area contributed by atoms with Gasteiger partial charge in [0.1, 0.15) is 0 Å². The van der Waals surface area contributed by atoms with Crippen LogP contribution in [-0.4, -0.2) is 13.2 Å². The summed E-state index contributed by atoms with van der Waals surface area (Å²) < 4.78 is 5.56. The average molecular weight is 228 g/mol. The summed E-state index contributed by atoms with van der Waals surface area (Å²) in [5.74, 6) is 5.61. The molecule has 0 bridgehead atoms. The zero-order chi connectivity index (χ0) is 11.5. The minimum atomic E-state index is 0.0509. The van der Waals surface area contributed by atoms with Crippen LogP contribution in [0.4, 0.5) is 0 Å². The molecule has 0 amide bonds. The van der Waals surface area contributed by atoms with Crippen LogP contribution in [0.1, 0.15) is 31.7 Å². The number of ether oxygens (including phenoxy) is 1. The molecule has 1 heterocycles. The van der Waals surface area contributed by atoms with Gasteiger partial charge in [-0.05, 0) is 16.9 Å². The summed E-state index contributed by atoms with van der Waals surface area (Å²) in [4.78, 5) is 1.21. The third kappa shape index (κ3) is 3.01. The summed E-state index contributed by atoms with van der Waals surface area (Å²) in [6, 6.07) is 4.15. The van der Waals surface area contributed by atoms with Gasteiger partial charge in [0.15, 0.2) is 0 Å². The highest BCUT2D eigenvalue weighted by Crippen LogP contribution is 2.33. The number of hydrazine groups is 1. The third-order valence-electron chi connectivity index (χ3n) is 2.44. The molecule has 0 radical (unpaired) electrons. The maximum absolute atomic E-state index is 5.61. The molecule has 1 aromatic rings. The molecule has 15 heavy (non-hydrogen) atoms. The van der Waals surface area contributed by atoms with Crippen molar-refractivity contribution in [2.75, 3.05) is 7.11 Å². The van der Waals surface area contributed by atoms with E-state index in [1.165, 1.54) is 4.88 Å². The second-order valence-corrected chi connectivity index (χ2v) is 5.66. The highest BCUT2D eigenvalue weighted by atomic mass is 32.1. The first-order chi connectivity index (χ1) is 7.00. The van der Waals surface area contributed by atoms with Gasteiger partial charge in [-0.3, -0.25) is 5.84 Å². The summed E-state index contributed by atoms with van der Waals surface area (Å²) in [6.07, 6.45) is 0.0566. The number of nitrogens with one attached hydrogen (secondary N) is 1. The van der Waals surface area contributed by atoms with Crippen molar-refractivity contribution in [1.29, 1.82) is 0 Å². The molecule has 3 nitrogen and oxygen atoms in total. The molecule has 1 rings (SSSR count). The molecule has 4 heteroatoms. The van der Waals surface area contributed by atoms with Crippen molar-refractivity contribution >= 4 is 11.3 Å². The molecular formula is C11H20N2OS. The van der Waals surface area contributed by atoms with Crippen LogP contribution in [0.5, 0.6) is 0 Å². The van der Waals surface area contributed by atoms with E-state index >= 15 is 0 Å².